The fraction of sp³-hybridized carbons (Fsp3) is 0.261. The first kappa shape index (κ1) is 22.6. The van der Waals surface area contributed by atoms with E-state index in [0.717, 1.165) is 5.56 Å². The van der Waals surface area contributed by atoms with Gasteiger partial charge in [0.2, 0.25) is 10.0 Å². The highest BCUT2D eigenvalue weighted by Gasteiger charge is 2.25. The lowest BCUT2D eigenvalue weighted by atomic mass is 10.1. The molecule has 164 valence electrons. The van der Waals surface area contributed by atoms with Gasteiger partial charge in [0.15, 0.2) is 0 Å². The molecule has 0 atom stereocenters. The standard InChI is InChI=1S/C23H26N2O5S/c1-17(2)24-31(27,28)22-14-19(11-12-21(22)29-3)23(26)25(16-20-10-7-13-30-20)15-18-8-5-4-6-9-18/h4-14,17,24H,15-16H2,1-3H3. The van der Waals surface area contributed by atoms with Gasteiger partial charge in [-0.3, -0.25) is 4.79 Å². The molecule has 0 aliphatic heterocycles. The van der Waals surface area contributed by atoms with Gasteiger partial charge in [0, 0.05) is 18.2 Å². The SMILES string of the molecule is COc1ccc(C(=O)N(Cc2ccccc2)Cc2ccco2)cc1S(=O)(=O)NC(C)C. The van der Waals surface area contributed by atoms with E-state index in [4.69, 9.17) is 9.15 Å². The molecule has 3 aromatic rings. The molecule has 0 aliphatic rings. The van der Waals surface area contributed by atoms with Crippen molar-refractivity contribution in [2.75, 3.05) is 7.11 Å². The maximum Gasteiger partial charge on any atom is 0.254 e. The van der Waals surface area contributed by atoms with Crippen LogP contribution in [0.3, 0.4) is 0 Å². The third-order valence-corrected chi connectivity index (χ3v) is 6.20. The van der Waals surface area contributed by atoms with Crippen LogP contribution >= 0.6 is 0 Å². The number of carbonyl (C=O) groups is 1. The summed E-state index contributed by atoms with van der Waals surface area (Å²) >= 11 is 0. The number of furan rings is 1. The van der Waals surface area contributed by atoms with Crippen LogP contribution < -0.4 is 9.46 Å². The van der Waals surface area contributed by atoms with Crippen LogP contribution in [-0.2, 0) is 23.1 Å². The number of carbonyl (C=O) groups excluding carboxylic acids is 1. The molecule has 0 saturated carbocycles. The van der Waals surface area contributed by atoms with E-state index < -0.39 is 10.0 Å². The summed E-state index contributed by atoms with van der Waals surface area (Å²) in [5, 5.41) is 0. The second-order valence-electron chi connectivity index (χ2n) is 7.37. The number of hydrogen-bond donors (Lipinski definition) is 1. The second-order valence-corrected chi connectivity index (χ2v) is 9.05. The van der Waals surface area contributed by atoms with Gasteiger partial charge in [0.25, 0.3) is 5.91 Å². The van der Waals surface area contributed by atoms with Crippen molar-refractivity contribution in [2.24, 2.45) is 0 Å². The van der Waals surface area contributed by atoms with Crippen LogP contribution in [0.25, 0.3) is 0 Å². The largest absolute Gasteiger partial charge is 0.495 e. The fourth-order valence-electron chi connectivity index (χ4n) is 3.17. The minimum atomic E-state index is -3.86. The first-order valence-electron chi connectivity index (χ1n) is 9.86. The molecule has 1 heterocycles. The number of rotatable bonds is 9. The predicted molar refractivity (Wildman–Crippen MR) is 117 cm³/mol. The average Bonchev–Trinajstić information content (AvgIpc) is 3.25. The van der Waals surface area contributed by atoms with Crippen molar-refractivity contribution in [1.29, 1.82) is 0 Å². The molecule has 0 bridgehead atoms. The Hall–Kier alpha value is -3.10. The highest BCUT2D eigenvalue weighted by Crippen LogP contribution is 2.26. The number of methoxy groups -OCH3 is 1. The third-order valence-electron chi connectivity index (χ3n) is 4.52. The Balaban J connectivity index is 1.97. The van der Waals surface area contributed by atoms with Gasteiger partial charge in [-0.25, -0.2) is 13.1 Å². The summed E-state index contributed by atoms with van der Waals surface area (Å²) < 4.78 is 38.8. The topological polar surface area (TPSA) is 88.8 Å². The summed E-state index contributed by atoms with van der Waals surface area (Å²) in [6.45, 7) is 4.05. The quantitative estimate of drug-likeness (QED) is 0.544. The molecule has 0 unspecified atom stereocenters. The molecule has 1 amide bonds. The normalized spacial score (nSPS) is 11.5. The molecule has 1 N–H and O–H groups in total. The van der Waals surface area contributed by atoms with Gasteiger partial charge >= 0.3 is 0 Å². The minimum absolute atomic E-state index is 0.0767. The molecule has 3 rings (SSSR count). The van der Waals surface area contributed by atoms with Crippen molar-refractivity contribution in [2.45, 2.75) is 37.9 Å². The zero-order chi connectivity index (χ0) is 22.4. The van der Waals surface area contributed by atoms with Gasteiger partial charge in [-0.05, 0) is 49.7 Å². The van der Waals surface area contributed by atoms with E-state index in [1.807, 2.05) is 30.3 Å². The lowest BCUT2D eigenvalue weighted by Crippen LogP contribution is -2.32. The van der Waals surface area contributed by atoms with Crippen LogP contribution in [0.4, 0.5) is 0 Å². The summed E-state index contributed by atoms with van der Waals surface area (Å²) in [6, 6.07) is 17.2. The monoisotopic (exact) mass is 442 g/mol. The molecule has 0 aliphatic carbocycles. The summed E-state index contributed by atoms with van der Waals surface area (Å²) in [4.78, 5) is 14.9. The average molecular weight is 443 g/mol. The predicted octanol–water partition coefficient (Wildman–Crippen LogP) is 3.82. The summed E-state index contributed by atoms with van der Waals surface area (Å²) in [7, 11) is -2.46. The molecule has 0 radical (unpaired) electrons. The Kier molecular flexibility index (Phi) is 7.14. The van der Waals surface area contributed by atoms with Gasteiger partial charge in [-0.2, -0.15) is 0 Å². The van der Waals surface area contributed by atoms with E-state index in [-0.39, 0.29) is 34.7 Å². The zero-order valence-corrected chi connectivity index (χ0v) is 18.6. The third kappa shape index (κ3) is 5.74. The van der Waals surface area contributed by atoms with E-state index in [1.165, 1.54) is 19.2 Å². The van der Waals surface area contributed by atoms with Crippen LogP contribution in [0.1, 0.15) is 35.5 Å². The van der Waals surface area contributed by atoms with Crippen molar-refractivity contribution in [3.05, 3.63) is 83.8 Å². The molecular formula is C23H26N2O5S. The van der Waals surface area contributed by atoms with E-state index in [1.54, 1.807) is 43.2 Å². The van der Waals surface area contributed by atoms with Crippen molar-refractivity contribution in [3.8, 4) is 5.75 Å². The Bertz CT molecular complexity index is 1110. The van der Waals surface area contributed by atoms with E-state index >= 15 is 0 Å². The van der Waals surface area contributed by atoms with Crippen molar-refractivity contribution < 1.29 is 22.4 Å². The summed E-state index contributed by atoms with van der Waals surface area (Å²) in [6.07, 6.45) is 1.55. The first-order valence-corrected chi connectivity index (χ1v) is 11.3. The fourth-order valence-corrected chi connectivity index (χ4v) is 4.62. The Morgan fingerprint density at radius 2 is 1.81 bits per heavy atom. The smallest absolute Gasteiger partial charge is 0.254 e. The molecule has 8 heteroatoms. The Morgan fingerprint density at radius 3 is 2.42 bits per heavy atom. The number of benzene rings is 2. The molecule has 0 spiro atoms. The lowest BCUT2D eigenvalue weighted by Gasteiger charge is -2.23. The maximum atomic E-state index is 13.4. The zero-order valence-electron chi connectivity index (χ0n) is 17.7. The molecule has 1 aromatic heterocycles. The highest BCUT2D eigenvalue weighted by molar-refractivity contribution is 7.89. The summed E-state index contributed by atoms with van der Waals surface area (Å²) in [5.74, 6) is 0.487. The number of ether oxygens (including phenoxy) is 1. The van der Waals surface area contributed by atoms with Gasteiger partial charge in [-0.1, -0.05) is 30.3 Å². The van der Waals surface area contributed by atoms with Crippen LogP contribution in [-0.4, -0.2) is 32.4 Å². The lowest BCUT2D eigenvalue weighted by molar-refractivity contribution is 0.0717. The molecule has 0 fully saturated rings. The summed E-state index contributed by atoms with van der Waals surface area (Å²) in [5.41, 5.74) is 1.19. The Morgan fingerprint density at radius 1 is 1.06 bits per heavy atom. The van der Waals surface area contributed by atoms with E-state index in [2.05, 4.69) is 4.72 Å². The van der Waals surface area contributed by atoms with Crippen LogP contribution in [0, 0.1) is 0 Å². The molecule has 2 aromatic carbocycles. The van der Waals surface area contributed by atoms with E-state index in [0.29, 0.717) is 12.3 Å². The number of hydrogen-bond acceptors (Lipinski definition) is 5. The molecule has 7 nitrogen and oxygen atoms in total. The molecule has 31 heavy (non-hydrogen) atoms. The Labute approximate surface area is 182 Å². The van der Waals surface area contributed by atoms with Crippen molar-refractivity contribution in [3.63, 3.8) is 0 Å². The van der Waals surface area contributed by atoms with Crippen molar-refractivity contribution in [1.82, 2.24) is 9.62 Å². The van der Waals surface area contributed by atoms with Crippen molar-refractivity contribution >= 4 is 15.9 Å². The highest BCUT2D eigenvalue weighted by atomic mass is 32.2. The minimum Gasteiger partial charge on any atom is -0.495 e. The number of amides is 1. The van der Waals surface area contributed by atoms with Crippen LogP contribution in [0.2, 0.25) is 0 Å². The number of nitrogens with zero attached hydrogens (tertiary/aromatic N) is 1. The molecule has 0 saturated heterocycles. The van der Waals surface area contributed by atoms with E-state index in [9.17, 15) is 13.2 Å². The second kappa shape index (κ2) is 9.80. The maximum absolute atomic E-state index is 13.4. The van der Waals surface area contributed by atoms with Crippen LogP contribution in [0.5, 0.6) is 5.75 Å². The number of sulfonamides is 1. The van der Waals surface area contributed by atoms with Gasteiger partial charge in [0.1, 0.15) is 16.4 Å². The molecular weight excluding hydrogens is 416 g/mol. The van der Waals surface area contributed by atoms with Gasteiger partial charge in [-0.15, -0.1) is 0 Å². The van der Waals surface area contributed by atoms with Gasteiger partial charge in [0.05, 0.1) is 19.9 Å². The van der Waals surface area contributed by atoms with Crippen LogP contribution in [0.15, 0.2) is 76.2 Å². The number of nitrogens with one attached hydrogen (secondary N) is 1. The first-order chi connectivity index (χ1) is 14.8. The van der Waals surface area contributed by atoms with Gasteiger partial charge < -0.3 is 14.1 Å².